The molecule has 2 aromatic rings. The molecule has 3 nitrogen and oxygen atoms in total. The van der Waals surface area contributed by atoms with Crippen LogP contribution in [0.25, 0.3) is 0 Å². The molecule has 0 amide bonds. The van der Waals surface area contributed by atoms with Gasteiger partial charge in [-0.15, -0.1) is 0 Å². The normalized spacial score (nSPS) is 12.6. The average molecular weight is 243 g/mol. The zero-order chi connectivity index (χ0) is 13.0. The number of nitrogens with zero attached hydrogens (tertiary/aromatic N) is 2. The van der Waals surface area contributed by atoms with Crippen molar-refractivity contribution in [2.24, 2.45) is 0 Å². The van der Waals surface area contributed by atoms with Crippen LogP contribution in [-0.4, -0.2) is 16.3 Å². The summed E-state index contributed by atoms with van der Waals surface area (Å²) in [5, 5.41) is 8.08. The molecular weight excluding hydrogens is 222 g/mol. The van der Waals surface area contributed by atoms with Gasteiger partial charge in [-0.05, 0) is 32.0 Å². The zero-order valence-corrected chi connectivity index (χ0v) is 11.4. The zero-order valence-electron chi connectivity index (χ0n) is 11.4. The Morgan fingerprint density at radius 3 is 2.56 bits per heavy atom. The van der Waals surface area contributed by atoms with Crippen molar-refractivity contribution in [3.05, 3.63) is 53.3 Å². The fraction of sp³-hybridized carbons (Fsp3) is 0.400. The Balaban J connectivity index is 2.41. The maximum atomic E-state index is 4.53. The molecular formula is C15H21N3. The second-order valence-corrected chi connectivity index (χ2v) is 4.43. The van der Waals surface area contributed by atoms with Crippen LogP contribution in [0.5, 0.6) is 0 Å². The molecule has 1 N–H and O–H groups in total. The van der Waals surface area contributed by atoms with Gasteiger partial charge in [-0.2, -0.15) is 5.10 Å². The minimum Gasteiger partial charge on any atom is -0.305 e. The fourth-order valence-electron chi connectivity index (χ4n) is 2.29. The molecule has 1 aromatic heterocycles. The first kappa shape index (κ1) is 12.8. The molecule has 1 aromatic carbocycles. The van der Waals surface area contributed by atoms with E-state index in [0.717, 1.165) is 18.8 Å². The molecule has 1 heterocycles. The summed E-state index contributed by atoms with van der Waals surface area (Å²) in [6.45, 7) is 8.15. The molecule has 0 saturated heterocycles. The van der Waals surface area contributed by atoms with E-state index in [1.807, 2.05) is 6.92 Å². The van der Waals surface area contributed by atoms with Gasteiger partial charge in [0.2, 0.25) is 0 Å². The lowest BCUT2D eigenvalue weighted by Crippen LogP contribution is -2.24. The molecule has 0 bridgehead atoms. The van der Waals surface area contributed by atoms with Crippen LogP contribution in [0, 0.1) is 6.92 Å². The summed E-state index contributed by atoms with van der Waals surface area (Å²) in [6.07, 6.45) is 0. The lowest BCUT2D eigenvalue weighted by molar-refractivity contribution is 0.541. The molecule has 0 aliphatic rings. The topological polar surface area (TPSA) is 29.9 Å². The van der Waals surface area contributed by atoms with Crippen molar-refractivity contribution in [3.63, 3.8) is 0 Å². The van der Waals surface area contributed by atoms with Crippen molar-refractivity contribution >= 4 is 0 Å². The van der Waals surface area contributed by atoms with Crippen LogP contribution in [0.1, 0.15) is 36.8 Å². The summed E-state index contributed by atoms with van der Waals surface area (Å²) in [5.41, 5.74) is 3.60. The molecule has 1 unspecified atom stereocenters. The Labute approximate surface area is 109 Å². The molecule has 0 aliphatic carbocycles. The molecule has 0 fully saturated rings. The van der Waals surface area contributed by atoms with Crippen molar-refractivity contribution < 1.29 is 0 Å². The highest BCUT2D eigenvalue weighted by Gasteiger charge is 2.17. The minimum absolute atomic E-state index is 0.220. The third-order valence-corrected chi connectivity index (χ3v) is 3.07. The third-order valence-electron chi connectivity index (χ3n) is 3.07. The summed E-state index contributed by atoms with van der Waals surface area (Å²) in [7, 11) is 0. The Morgan fingerprint density at radius 1 is 1.22 bits per heavy atom. The maximum absolute atomic E-state index is 4.53. The van der Waals surface area contributed by atoms with E-state index < -0.39 is 0 Å². The van der Waals surface area contributed by atoms with E-state index in [1.165, 1.54) is 11.3 Å². The average Bonchev–Trinajstić information content (AvgIpc) is 2.78. The standard InChI is InChI=1S/C15H21N3/c1-4-16-15(13-9-7-6-8-10-13)14-11-12(3)17-18(14)5-2/h6-11,15-16H,4-5H2,1-3H3. The van der Waals surface area contributed by atoms with Crippen LogP contribution >= 0.6 is 0 Å². The van der Waals surface area contributed by atoms with Crippen molar-refractivity contribution in [2.75, 3.05) is 6.54 Å². The summed E-state index contributed by atoms with van der Waals surface area (Å²) in [6, 6.07) is 12.9. The second kappa shape index (κ2) is 5.83. The first-order valence-corrected chi connectivity index (χ1v) is 6.59. The molecule has 0 spiro atoms. The smallest absolute Gasteiger partial charge is 0.0748 e. The summed E-state index contributed by atoms with van der Waals surface area (Å²) < 4.78 is 2.08. The van der Waals surface area contributed by atoms with E-state index in [4.69, 9.17) is 0 Å². The van der Waals surface area contributed by atoms with Crippen molar-refractivity contribution in [2.45, 2.75) is 33.4 Å². The number of benzene rings is 1. The molecule has 0 aliphatic heterocycles. The van der Waals surface area contributed by atoms with Gasteiger partial charge in [0.15, 0.2) is 0 Å². The van der Waals surface area contributed by atoms with Crippen molar-refractivity contribution in [3.8, 4) is 0 Å². The van der Waals surface area contributed by atoms with E-state index in [-0.39, 0.29) is 6.04 Å². The highest BCUT2D eigenvalue weighted by Crippen LogP contribution is 2.22. The van der Waals surface area contributed by atoms with Gasteiger partial charge < -0.3 is 5.32 Å². The molecule has 0 radical (unpaired) electrons. The highest BCUT2D eigenvalue weighted by molar-refractivity contribution is 5.28. The number of aromatic nitrogens is 2. The maximum Gasteiger partial charge on any atom is 0.0748 e. The number of hydrogen-bond acceptors (Lipinski definition) is 2. The van der Waals surface area contributed by atoms with Crippen molar-refractivity contribution in [1.82, 2.24) is 15.1 Å². The minimum atomic E-state index is 0.220. The lowest BCUT2D eigenvalue weighted by Gasteiger charge is -2.19. The van der Waals surface area contributed by atoms with Crippen molar-refractivity contribution in [1.29, 1.82) is 0 Å². The molecule has 1 atom stereocenters. The summed E-state index contributed by atoms with van der Waals surface area (Å²) >= 11 is 0. The Kier molecular flexibility index (Phi) is 4.15. The SMILES string of the molecule is CCNC(c1ccccc1)c1cc(C)nn1CC. The molecule has 0 saturated carbocycles. The van der Waals surface area contributed by atoms with E-state index in [2.05, 4.69) is 65.3 Å². The number of aryl methyl sites for hydroxylation is 2. The number of nitrogens with one attached hydrogen (secondary N) is 1. The van der Waals surface area contributed by atoms with Gasteiger partial charge in [-0.3, -0.25) is 4.68 Å². The lowest BCUT2D eigenvalue weighted by atomic mass is 10.0. The van der Waals surface area contributed by atoms with Gasteiger partial charge in [-0.1, -0.05) is 37.3 Å². The first-order chi connectivity index (χ1) is 8.76. The Morgan fingerprint density at radius 2 is 1.94 bits per heavy atom. The highest BCUT2D eigenvalue weighted by atomic mass is 15.3. The van der Waals surface area contributed by atoms with Crippen LogP contribution in [0.15, 0.2) is 36.4 Å². The van der Waals surface area contributed by atoms with Crippen LogP contribution in [0.3, 0.4) is 0 Å². The van der Waals surface area contributed by atoms with E-state index in [0.29, 0.717) is 0 Å². The number of rotatable bonds is 5. The van der Waals surface area contributed by atoms with Crippen LogP contribution in [0.2, 0.25) is 0 Å². The van der Waals surface area contributed by atoms with Gasteiger partial charge in [-0.25, -0.2) is 0 Å². The third kappa shape index (κ3) is 2.62. The van der Waals surface area contributed by atoms with Crippen LogP contribution < -0.4 is 5.32 Å². The van der Waals surface area contributed by atoms with Crippen LogP contribution in [-0.2, 0) is 6.54 Å². The Bertz CT molecular complexity index is 488. The molecule has 2 rings (SSSR count). The second-order valence-electron chi connectivity index (χ2n) is 4.43. The van der Waals surface area contributed by atoms with E-state index in [9.17, 15) is 0 Å². The predicted octanol–water partition coefficient (Wildman–Crippen LogP) is 2.91. The Hall–Kier alpha value is -1.61. The summed E-state index contributed by atoms with van der Waals surface area (Å²) in [5.74, 6) is 0. The predicted molar refractivity (Wildman–Crippen MR) is 74.6 cm³/mol. The largest absolute Gasteiger partial charge is 0.305 e. The monoisotopic (exact) mass is 243 g/mol. The fourth-order valence-corrected chi connectivity index (χ4v) is 2.29. The van der Waals surface area contributed by atoms with Gasteiger partial charge in [0, 0.05) is 6.54 Å². The summed E-state index contributed by atoms with van der Waals surface area (Å²) in [4.78, 5) is 0. The quantitative estimate of drug-likeness (QED) is 0.875. The van der Waals surface area contributed by atoms with Gasteiger partial charge in [0.25, 0.3) is 0 Å². The van der Waals surface area contributed by atoms with Gasteiger partial charge >= 0.3 is 0 Å². The van der Waals surface area contributed by atoms with Gasteiger partial charge in [0.1, 0.15) is 0 Å². The first-order valence-electron chi connectivity index (χ1n) is 6.59. The van der Waals surface area contributed by atoms with Crippen LogP contribution in [0.4, 0.5) is 0 Å². The number of hydrogen-bond donors (Lipinski definition) is 1. The molecule has 3 heteroatoms. The van der Waals surface area contributed by atoms with E-state index >= 15 is 0 Å². The molecule has 18 heavy (non-hydrogen) atoms. The molecule has 96 valence electrons. The van der Waals surface area contributed by atoms with Gasteiger partial charge in [0.05, 0.1) is 17.4 Å². The van der Waals surface area contributed by atoms with E-state index in [1.54, 1.807) is 0 Å².